The summed E-state index contributed by atoms with van der Waals surface area (Å²) in [5.74, 6) is 0. The molecule has 11 heavy (non-hydrogen) atoms. The molecule has 0 bridgehead atoms. The summed E-state index contributed by atoms with van der Waals surface area (Å²) in [6, 6.07) is 7.54. The van der Waals surface area contributed by atoms with Crippen LogP contribution in [0.5, 0.6) is 0 Å². The quantitative estimate of drug-likeness (QED) is 0.591. The summed E-state index contributed by atoms with van der Waals surface area (Å²) in [5.41, 5.74) is 6.09. The molecule has 0 amide bonds. The molecule has 0 radical (unpaired) electrons. The molecular formula is C9H13NO. The van der Waals surface area contributed by atoms with Crippen LogP contribution in [-0.2, 0) is 5.72 Å². The molecule has 0 fully saturated rings. The van der Waals surface area contributed by atoms with Crippen LogP contribution in [0.15, 0.2) is 24.3 Å². The van der Waals surface area contributed by atoms with Gasteiger partial charge >= 0.3 is 0 Å². The highest BCUT2D eigenvalue weighted by atomic mass is 16.3. The van der Waals surface area contributed by atoms with E-state index in [1.807, 2.05) is 31.2 Å². The molecule has 0 aliphatic rings. The van der Waals surface area contributed by atoms with Crippen molar-refractivity contribution in [3.05, 3.63) is 35.4 Å². The number of aliphatic hydroxyl groups is 1. The predicted octanol–water partition coefficient (Wildman–Crippen LogP) is 1.12. The van der Waals surface area contributed by atoms with Crippen LogP contribution in [0.4, 0.5) is 0 Å². The second kappa shape index (κ2) is 2.64. The first-order chi connectivity index (χ1) is 5.02. The largest absolute Gasteiger partial charge is 0.372 e. The molecule has 1 aromatic rings. The molecule has 0 aromatic heterocycles. The standard InChI is InChI=1S/C9H13NO/c1-7-5-3-4-6-8(7)9(2,10)11/h3-6,11H,10H2,1-2H3. The van der Waals surface area contributed by atoms with Gasteiger partial charge < -0.3 is 10.8 Å². The fraction of sp³-hybridized carbons (Fsp3) is 0.333. The maximum absolute atomic E-state index is 9.45. The summed E-state index contributed by atoms with van der Waals surface area (Å²) in [6.45, 7) is 3.51. The highest BCUT2D eigenvalue weighted by Gasteiger charge is 2.17. The lowest BCUT2D eigenvalue weighted by molar-refractivity contribution is 0.0641. The molecule has 0 saturated heterocycles. The van der Waals surface area contributed by atoms with Crippen molar-refractivity contribution in [2.24, 2.45) is 5.73 Å². The van der Waals surface area contributed by atoms with Gasteiger partial charge in [-0.2, -0.15) is 0 Å². The van der Waals surface area contributed by atoms with Crippen LogP contribution in [0.1, 0.15) is 18.1 Å². The zero-order chi connectivity index (χ0) is 8.48. The van der Waals surface area contributed by atoms with E-state index >= 15 is 0 Å². The first-order valence-electron chi connectivity index (χ1n) is 3.59. The molecule has 1 rings (SSSR count). The molecule has 0 spiro atoms. The Morgan fingerprint density at radius 1 is 1.36 bits per heavy atom. The molecule has 1 aromatic carbocycles. The van der Waals surface area contributed by atoms with E-state index in [9.17, 15) is 5.11 Å². The minimum Gasteiger partial charge on any atom is -0.372 e. The van der Waals surface area contributed by atoms with Crippen molar-refractivity contribution in [2.45, 2.75) is 19.6 Å². The Labute approximate surface area is 66.7 Å². The fourth-order valence-electron chi connectivity index (χ4n) is 1.14. The zero-order valence-corrected chi connectivity index (χ0v) is 6.83. The van der Waals surface area contributed by atoms with Crippen LogP contribution in [-0.4, -0.2) is 5.11 Å². The Hall–Kier alpha value is -0.860. The van der Waals surface area contributed by atoms with Crippen molar-refractivity contribution >= 4 is 0 Å². The molecule has 1 unspecified atom stereocenters. The fourth-order valence-corrected chi connectivity index (χ4v) is 1.14. The van der Waals surface area contributed by atoms with Crippen molar-refractivity contribution < 1.29 is 5.11 Å². The first kappa shape index (κ1) is 8.24. The number of hydrogen-bond acceptors (Lipinski definition) is 2. The Kier molecular flexibility index (Phi) is 1.98. The predicted molar refractivity (Wildman–Crippen MR) is 44.9 cm³/mol. The lowest BCUT2D eigenvalue weighted by atomic mass is 10.0. The summed E-state index contributed by atoms with van der Waals surface area (Å²) < 4.78 is 0. The lowest BCUT2D eigenvalue weighted by Gasteiger charge is -2.19. The molecule has 1 atom stereocenters. The van der Waals surface area contributed by atoms with Crippen LogP contribution in [0.2, 0.25) is 0 Å². The van der Waals surface area contributed by atoms with Crippen LogP contribution in [0, 0.1) is 6.92 Å². The van der Waals surface area contributed by atoms with Gasteiger partial charge in [-0.15, -0.1) is 0 Å². The second-order valence-electron chi connectivity index (χ2n) is 2.96. The van der Waals surface area contributed by atoms with Gasteiger partial charge in [-0.1, -0.05) is 24.3 Å². The molecular weight excluding hydrogens is 138 g/mol. The molecule has 60 valence electrons. The van der Waals surface area contributed by atoms with E-state index < -0.39 is 5.72 Å². The number of benzene rings is 1. The molecule has 2 nitrogen and oxygen atoms in total. The van der Waals surface area contributed by atoms with E-state index in [2.05, 4.69) is 0 Å². The third kappa shape index (κ3) is 1.79. The van der Waals surface area contributed by atoms with Gasteiger partial charge in [-0.25, -0.2) is 0 Å². The summed E-state index contributed by atoms with van der Waals surface area (Å²) in [5, 5.41) is 9.45. The molecule has 0 heterocycles. The van der Waals surface area contributed by atoms with E-state index in [4.69, 9.17) is 5.73 Å². The van der Waals surface area contributed by atoms with Crippen LogP contribution < -0.4 is 5.73 Å². The average Bonchev–Trinajstić information content (AvgIpc) is 1.86. The van der Waals surface area contributed by atoms with Gasteiger partial charge in [0.25, 0.3) is 0 Å². The smallest absolute Gasteiger partial charge is 0.137 e. The minimum atomic E-state index is -1.22. The molecule has 2 heteroatoms. The highest BCUT2D eigenvalue weighted by Crippen LogP contribution is 2.17. The Morgan fingerprint density at radius 3 is 2.27 bits per heavy atom. The van der Waals surface area contributed by atoms with E-state index in [0.717, 1.165) is 11.1 Å². The van der Waals surface area contributed by atoms with Crippen molar-refractivity contribution in [3.63, 3.8) is 0 Å². The average molecular weight is 151 g/mol. The molecule has 0 aliphatic carbocycles. The number of nitrogens with two attached hydrogens (primary N) is 1. The van der Waals surface area contributed by atoms with Gasteiger partial charge in [0.05, 0.1) is 0 Å². The Balaban J connectivity index is 3.14. The van der Waals surface area contributed by atoms with E-state index in [1.165, 1.54) is 0 Å². The second-order valence-corrected chi connectivity index (χ2v) is 2.96. The van der Waals surface area contributed by atoms with E-state index in [0.29, 0.717) is 0 Å². The molecule has 3 N–H and O–H groups in total. The van der Waals surface area contributed by atoms with E-state index in [-0.39, 0.29) is 0 Å². The van der Waals surface area contributed by atoms with Crippen LogP contribution in [0.3, 0.4) is 0 Å². The van der Waals surface area contributed by atoms with Crippen molar-refractivity contribution in [1.29, 1.82) is 0 Å². The topological polar surface area (TPSA) is 46.2 Å². The SMILES string of the molecule is Cc1ccccc1C(C)(N)O. The maximum atomic E-state index is 9.45. The lowest BCUT2D eigenvalue weighted by Crippen LogP contribution is -2.32. The highest BCUT2D eigenvalue weighted by molar-refractivity contribution is 5.29. The molecule has 0 aliphatic heterocycles. The van der Waals surface area contributed by atoms with Gasteiger partial charge in [-0.3, -0.25) is 0 Å². The normalized spacial score (nSPS) is 16.0. The van der Waals surface area contributed by atoms with Gasteiger partial charge in [0, 0.05) is 5.56 Å². The van der Waals surface area contributed by atoms with Crippen molar-refractivity contribution in [3.8, 4) is 0 Å². The van der Waals surface area contributed by atoms with Crippen LogP contribution in [0.25, 0.3) is 0 Å². The van der Waals surface area contributed by atoms with Crippen molar-refractivity contribution in [1.82, 2.24) is 0 Å². The summed E-state index contributed by atoms with van der Waals surface area (Å²) in [7, 11) is 0. The van der Waals surface area contributed by atoms with Gasteiger partial charge in [0.15, 0.2) is 0 Å². The molecule has 0 saturated carbocycles. The van der Waals surface area contributed by atoms with Gasteiger partial charge in [0.1, 0.15) is 5.72 Å². The number of rotatable bonds is 1. The maximum Gasteiger partial charge on any atom is 0.137 e. The monoisotopic (exact) mass is 151 g/mol. The summed E-state index contributed by atoms with van der Waals surface area (Å²) in [6.07, 6.45) is 0. The van der Waals surface area contributed by atoms with E-state index in [1.54, 1.807) is 6.92 Å². The van der Waals surface area contributed by atoms with Crippen molar-refractivity contribution in [2.75, 3.05) is 0 Å². The number of aryl methyl sites for hydroxylation is 1. The first-order valence-corrected chi connectivity index (χ1v) is 3.59. The Bertz CT molecular complexity index is 250. The van der Waals surface area contributed by atoms with Gasteiger partial charge in [-0.05, 0) is 19.4 Å². The third-order valence-electron chi connectivity index (χ3n) is 1.69. The Morgan fingerprint density at radius 2 is 1.91 bits per heavy atom. The minimum absolute atomic E-state index is 0.778. The summed E-state index contributed by atoms with van der Waals surface area (Å²) >= 11 is 0. The van der Waals surface area contributed by atoms with Gasteiger partial charge in [0.2, 0.25) is 0 Å². The third-order valence-corrected chi connectivity index (χ3v) is 1.69. The van der Waals surface area contributed by atoms with Crippen LogP contribution >= 0.6 is 0 Å². The zero-order valence-electron chi connectivity index (χ0n) is 6.83. The summed E-state index contributed by atoms with van der Waals surface area (Å²) in [4.78, 5) is 0. The number of hydrogen-bond donors (Lipinski definition) is 2.